The Morgan fingerprint density at radius 1 is 1.03 bits per heavy atom. The molecule has 2 N–H and O–H groups in total. The van der Waals surface area contributed by atoms with Gasteiger partial charge in [0.15, 0.2) is 0 Å². The molecule has 0 spiro atoms. The van der Waals surface area contributed by atoms with Gasteiger partial charge in [-0.3, -0.25) is 0 Å². The van der Waals surface area contributed by atoms with Crippen molar-refractivity contribution in [3.05, 3.63) is 65.7 Å². The molecule has 1 aliphatic carbocycles. The predicted octanol–water partition coefficient (Wildman–Crippen LogP) is 5.25. The van der Waals surface area contributed by atoms with Gasteiger partial charge in [0.05, 0.1) is 12.2 Å². The van der Waals surface area contributed by atoms with E-state index in [2.05, 4.69) is 17.6 Å². The van der Waals surface area contributed by atoms with E-state index in [0.29, 0.717) is 36.8 Å². The average molecular weight is 439 g/mol. The van der Waals surface area contributed by atoms with E-state index in [0.717, 1.165) is 12.0 Å². The lowest BCUT2D eigenvalue weighted by Crippen LogP contribution is -2.46. The third-order valence-electron chi connectivity index (χ3n) is 5.94. The van der Waals surface area contributed by atoms with Gasteiger partial charge in [-0.2, -0.15) is 0 Å². The van der Waals surface area contributed by atoms with E-state index < -0.39 is 0 Å². The summed E-state index contributed by atoms with van der Waals surface area (Å²) in [7, 11) is 0. The van der Waals surface area contributed by atoms with Gasteiger partial charge in [-0.15, -0.1) is 0 Å². The fraction of sp³-hybridized carbons (Fsp3) is 0.462. The third-order valence-corrected chi connectivity index (χ3v) is 5.94. The normalized spacial score (nSPS) is 18.9. The summed E-state index contributed by atoms with van der Waals surface area (Å²) in [6, 6.07) is 17.0. The van der Waals surface area contributed by atoms with Crippen molar-refractivity contribution in [2.75, 3.05) is 13.2 Å². The molecule has 6 heteroatoms. The molecule has 0 radical (unpaired) electrons. The number of carbonyl (C=O) groups excluding carboxylic acids is 2. The highest BCUT2D eigenvalue weighted by atomic mass is 16.5. The van der Waals surface area contributed by atoms with Crippen LogP contribution in [0.1, 0.15) is 68.0 Å². The van der Waals surface area contributed by atoms with Crippen molar-refractivity contribution in [3.63, 3.8) is 0 Å². The van der Waals surface area contributed by atoms with Crippen LogP contribution in [0.2, 0.25) is 0 Å². The van der Waals surface area contributed by atoms with Crippen LogP contribution in [0, 0.1) is 5.92 Å². The van der Waals surface area contributed by atoms with Gasteiger partial charge in [0.2, 0.25) is 0 Å². The summed E-state index contributed by atoms with van der Waals surface area (Å²) >= 11 is 0. The number of ether oxygens (including phenoxy) is 2. The van der Waals surface area contributed by atoms with Crippen molar-refractivity contribution >= 4 is 12.0 Å². The molecule has 2 aromatic rings. The first-order chi connectivity index (χ1) is 15.6. The average Bonchev–Trinajstić information content (AvgIpc) is 2.81. The van der Waals surface area contributed by atoms with Crippen molar-refractivity contribution in [3.8, 4) is 5.75 Å². The number of esters is 1. The molecule has 0 heterocycles. The number of hydrogen-bond acceptors (Lipinski definition) is 4. The van der Waals surface area contributed by atoms with Crippen LogP contribution in [0.5, 0.6) is 5.75 Å². The molecular weight excluding hydrogens is 404 g/mol. The number of benzene rings is 2. The highest BCUT2D eigenvalue weighted by Gasteiger charge is 2.23. The standard InChI is InChI=1S/C26H34N2O4/c1-3-31-25(29)21-13-15-22(16-14-21)32-24(20-10-5-4-6-11-20)17-18-27-26(30)28-23-12-8-7-9-19(23)2/h4-6,10-11,13-16,19,23-24H,3,7-9,12,17-18H2,1-2H3,(H2,27,28,30). The molecule has 32 heavy (non-hydrogen) atoms. The molecule has 3 rings (SSSR count). The molecule has 1 aliphatic rings. The number of urea groups is 1. The topological polar surface area (TPSA) is 76.7 Å². The van der Waals surface area contributed by atoms with Gasteiger partial charge < -0.3 is 20.1 Å². The van der Waals surface area contributed by atoms with Gasteiger partial charge in [-0.25, -0.2) is 9.59 Å². The minimum Gasteiger partial charge on any atom is -0.486 e. The lowest BCUT2D eigenvalue weighted by atomic mass is 9.86. The zero-order chi connectivity index (χ0) is 22.8. The van der Waals surface area contributed by atoms with Gasteiger partial charge in [-0.1, -0.05) is 50.1 Å². The minimum absolute atomic E-state index is 0.116. The van der Waals surface area contributed by atoms with Gasteiger partial charge in [0, 0.05) is 19.0 Å². The molecule has 2 aromatic carbocycles. The minimum atomic E-state index is -0.346. The van der Waals surface area contributed by atoms with E-state index in [1.54, 1.807) is 31.2 Å². The lowest BCUT2D eigenvalue weighted by molar-refractivity contribution is 0.0526. The van der Waals surface area contributed by atoms with Crippen molar-refractivity contribution in [2.24, 2.45) is 5.92 Å². The van der Waals surface area contributed by atoms with Crippen LogP contribution in [0.25, 0.3) is 0 Å². The Bertz CT molecular complexity index is 854. The Labute approximate surface area is 190 Å². The number of amides is 2. The Balaban J connectivity index is 1.56. The molecule has 0 aliphatic heterocycles. The van der Waals surface area contributed by atoms with Crippen LogP contribution in [0.4, 0.5) is 4.79 Å². The van der Waals surface area contributed by atoms with E-state index in [4.69, 9.17) is 9.47 Å². The molecular formula is C26H34N2O4. The van der Waals surface area contributed by atoms with E-state index in [1.807, 2.05) is 30.3 Å². The highest BCUT2D eigenvalue weighted by molar-refractivity contribution is 5.89. The molecule has 0 bridgehead atoms. The van der Waals surface area contributed by atoms with Gasteiger partial charge >= 0.3 is 12.0 Å². The molecule has 1 saturated carbocycles. The third kappa shape index (κ3) is 7.01. The Hall–Kier alpha value is -3.02. The van der Waals surface area contributed by atoms with Crippen LogP contribution in [-0.2, 0) is 4.74 Å². The van der Waals surface area contributed by atoms with E-state index in [1.165, 1.54) is 19.3 Å². The fourth-order valence-corrected chi connectivity index (χ4v) is 4.08. The molecule has 0 saturated heterocycles. The number of nitrogens with one attached hydrogen (secondary N) is 2. The van der Waals surface area contributed by atoms with Crippen LogP contribution < -0.4 is 15.4 Å². The molecule has 3 atom stereocenters. The van der Waals surface area contributed by atoms with Crippen molar-refractivity contribution in [2.45, 2.75) is 58.1 Å². The van der Waals surface area contributed by atoms with Crippen molar-refractivity contribution < 1.29 is 19.1 Å². The predicted molar refractivity (Wildman–Crippen MR) is 125 cm³/mol. The van der Waals surface area contributed by atoms with Gasteiger partial charge in [0.1, 0.15) is 11.9 Å². The quantitative estimate of drug-likeness (QED) is 0.524. The molecule has 172 valence electrons. The molecule has 1 fully saturated rings. The zero-order valence-corrected chi connectivity index (χ0v) is 19.0. The molecule has 3 unspecified atom stereocenters. The largest absolute Gasteiger partial charge is 0.486 e. The van der Waals surface area contributed by atoms with Crippen LogP contribution in [0.3, 0.4) is 0 Å². The summed E-state index contributed by atoms with van der Waals surface area (Å²) in [5.74, 6) is 0.834. The second-order valence-corrected chi connectivity index (χ2v) is 8.32. The summed E-state index contributed by atoms with van der Waals surface area (Å²) in [6.07, 6.45) is 5.04. The number of hydrogen-bond donors (Lipinski definition) is 2. The highest BCUT2D eigenvalue weighted by Crippen LogP contribution is 2.26. The first-order valence-corrected chi connectivity index (χ1v) is 11.6. The Morgan fingerprint density at radius 2 is 1.75 bits per heavy atom. The van der Waals surface area contributed by atoms with Crippen LogP contribution in [0.15, 0.2) is 54.6 Å². The number of carbonyl (C=O) groups is 2. The monoisotopic (exact) mass is 438 g/mol. The van der Waals surface area contributed by atoms with E-state index in [9.17, 15) is 9.59 Å². The molecule has 2 amide bonds. The Kier molecular flexibility index (Phi) is 8.96. The van der Waals surface area contributed by atoms with Crippen LogP contribution in [-0.4, -0.2) is 31.2 Å². The smallest absolute Gasteiger partial charge is 0.338 e. The van der Waals surface area contributed by atoms with Gasteiger partial charge in [-0.05, 0) is 55.5 Å². The molecule has 6 nitrogen and oxygen atoms in total. The maximum atomic E-state index is 12.4. The second-order valence-electron chi connectivity index (χ2n) is 8.32. The maximum Gasteiger partial charge on any atom is 0.338 e. The van der Waals surface area contributed by atoms with Crippen LogP contribution >= 0.6 is 0 Å². The number of rotatable bonds is 9. The van der Waals surface area contributed by atoms with Crippen molar-refractivity contribution in [1.82, 2.24) is 10.6 Å². The lowest BCUT2D eigenvalue weighted by Gasteiger charge is -2.29. The molecule has 0 aromatic heterocycles. The van der Waals surface area contributed by atoms with Crippen molar-refractivity contribution in [1.29, 1.82) is 0 Å². The SMILES string of the molecule is CCOC(=O)c1ccc(OC(CCNC(=O)NC2CCCCC2C)c2ccccc2)cc1. The Morgan fingerprint density at radius 3 is 2.44 bits per heavy atom. The second kappa shape index (κ2) is 12.1. The summed E-state index contributed by atoms with van der Waals surface area (Å²) in [6.45, 7) is 4.82. The first kappa shape index (κ1) is 23.6. The summed E-state index contributed by atoms with van der Waals surface area (Å²) in [5.41, 5.74) is 1.52. The fourth-order valence-electron chi connectivity index (χ4n) is 4.08. The zero-order valence-electron chi connectivity index (χ0n) is 19.0. The summed E-state index contributed by atoms with van der Waals surface area (Å²) < 4.78 is 11.2. The van der Waals surface area contributed by atoms with E-state index >= 15 is 0 Å². The summed E-state index contributed by atoms with van der Waals surface area (Å²) in [4.78, 5) is 24.2. The van der Waals surface area contributed by atoms with E-state index in [-0.39, 0.29) is 24.1 Å². The first-order valence-electron chi connectivity index (χ1n) is 11.6. The van der Waals surface area contributed by atoms with Gasteiger partial charge in [0.25, 0.3) is 0 Å². The summed E-state index contributed by atoms with van der Waals surface area (Å²) in [5, 5.41) is 6.11. The maximum absolute atomic E-state index is 12.4.